The van der Waals surface area contributed by atoms with Gasteiger partial charge in [0.1, 0.15) is 5.82 Å². The highest BCUT2D eigenvalue weighted by Crippen LogP contribution is 2.33. The molecule has 0 amide bonds. The average Bonchev–Trinajstić information content (AvgIpc) is 2.40. The summed E-state index contributed by atoms with van der Waals surface area (Å²) in [6, 6.07) is 6.28. The van der Waals surface area contributed by atoms with Crippen LogP contribution in [0.4, 0.5) is 14.5 Å². The van der Waals surface area contributed by atoms with E-state index in [2.05, 4.69) is 0 Å². The lowest BCUT2D eigenvalue weighted by molar-refractivity contribution is -0.385. The van der Waals surface area contributed by atoms with Gasteiger partial charge in [-0.1, -0.05) is 6.07 Å². The molecule has 0 aromatic heterocycles. The van der Waals surface area contributed by atoms with Gasteiger partial charge in [-0.05, 0) is 23.8 Å². The Labute approximate surface area is 112 Å². The molecule has 0 fully saturated rings. The van der Waals surface area contributed by atoms with Crippen molar-refractivity contribution in [2.24, 2.45) is 0 Å². The Balaban J connectivity index is 2.39. The molecule has 0 heterocycles. The van der Waals surface area contributed by atoms with Crippen LogP contribution in [0.2, 0.25) is 0 Å². The van der Waals surface area contributed by atoms with E-state index in [0.29, 0.717) is 5.56 Å². The van der Waals surface area contributed by atoms with E-state index in [4.69, 9.17) is 9.84 Å². The summed E-state index contributed by atoms with van der Waals surface area (Å²) in [5, 5.41) is 19.6. The van der Waals surface area contributed by atoms with E-state index >= 15 is 0 Å². The third-order valence-electron chi connectivity index (χ3n) is 2.52. The fraction of sp³-hybridized carbons (Fsp3) is 0.0769. The smallest absolute Gasteiger partial charge is 0.311 e. The number of ether oxygens (including phenoxy) is 1. The molecular formula is C13H9F2NO4. The van der Waals surface area contributed by atoms with Crippen LogP contribution in [0.3, 0.4) is 0 Å². The zero-order valence-electron chi connectivity index (χ0n) is 10.0. The predicted molar refractivity (Wildman–Crippen MR) is 65.5 cm³/mol. The molecule has 0 aliphatic carbocycles. The van der Waals surface area contributed by atoms with Crippen LogP contribution >= 0.6 is 0 Å². The second-order valence-electron chi connectivity index (χ2n) is 3.89. The Morgan fingerprint density at radius 3 is 2.50 bits per heavy atom. The molecule has 0 bridgehead atoms. The highest BCUT2D eigenvalue weighted by Gasteiger charge is 2.18. The molecule has 0 spiro atoms. The van der Waals surface area contributed by atoms with E-state index < -0.39 is 28.0 Å². The number of rotatable bonds is 4. The monoisotopic (exact) mass is 281 g/mol. The van der Waals surface area contributed by atoms with Crippen LogP contribution in [0.25, 0.3) is 0 Å². The zero-order valence-corrected chi connectivity index (χ0v) is 10.0. The fourth-order valence-corrected chi connectivity index (χ4v) is 1.56. The first-order chi connectivity index (χ1) is 9.51. The molecule has 5 nitrogen and oxygen atoms in total. The van der Waals surface area contributed by atoms with Gasteiger partial charge in [0.25, 0.3) is 0 Å². The first-order valence-electron chi connectivity index (χ1n) is 5.52. The van der Waals surface area contributed by atoms with Crippen molar-refractivity contribution in [2.75, 3.05) is 0 Å². The summed E-state index contributed by atoms with van der Waals surface area (Å²) in [6.45, 7) is -0.350. The highest BCUT2D eigenvalue weighted by molar-refractivity contribution is 5.48. The van der Waals surface area contributed by atoms with E-state index in [-0.39, 0.29) is 12.4 Å². The molecule has 0 saturated carbocycles. The Morgan fingerprint density at radius 1 is 1.15 bits per heavy atom. The van der Waals surface area contributed by atoms with Gasteiger partial charge in [-0.15, -0.1) is 0 Å². The summed E-state index contributed by atoms with van der Waals surface area (Å²) >= 11 is 0. The lowest BCUT2D eigenvalue weighted by Crippen LogP contribution is -1.96. The van der Waals surface area contributed by atoms with Crippen molar-refractivity contribution >= 4 is 5.69 Å². The van der Waals surface area contributed by atoms with Crippen LogP contribution in [0, 0.1) is 21.7 Å². The van der Waals surface area contributed by atoms with Crippen molar-refractivity contribution in [3.63, 3.8) is 0 Å². The minimum absolute atomic E-state index is 0.295. The summed E-state index contributed by atoms with van der Waals surface area (Å²) in [7, 11) is 0. The van der Waals surface area contributed by atoms with E-state index in [1.165, 1.54) is 12.1 Å². The lowest BCUT2D eigenvalue weighted by atomic mass is 10.2. The van der Waals surface area contributed by atoms with Gasteiger partial charge in [-0.2, -0.15) is 0 Å². The van der Waals surface area contributed by atoms with Crippen molar-refractivity contribution in [2.45, 2.75) is 6.61 Å². The minimum atomic E-state index is -0.810. The van der Waals surface area contributed by atoms with Crippen molar-refractivity contribution in [3.05, 3.63) is 63.7 Å². The van der Waals surface area contributed by atoms with Gasteiger partial charge in [0, 0.05) is 12.1 Å². The van der Waals surface area contributed by atoms with Crippen LogP contribution in [0.5, 0.6) is 11.5 Å². The van der Waals surface area contributed by atoms with E-state index in [1.54, 1.807) is 0 Å². The minimum Gasteiger partial charge on any atom is -0.447 e. The summed E-state index contributed by atoms with van der Waals surface area (Å²) in [6.07, 6.45) is 0. The van der Waals surface area contributed by atoms with E-state index in [1.807, 2.05) is 0 Å². The molecule has 0 aliphatic rings. The maximum atomic E-state index is 13.7. The number of benzene rings is 2. The molecule has 0 atom stereocenters. The van der Waals surface area contributed by atoms with Crippen molar-refractivity contribution in [1.82, 2.24) is 0 Å². The third kappa shape index (κ3) is 2.89. The van der Waals surface area contributed by atoms with Crippen molar-refractivity contribution in [1.29, 1.82) is 0 Å². The molecule has 2 aromatic carbocycles. The molecule has 7 heteroatoms. The standard InChI is InChI=1S/C13H9F2NO4/c14-9-2-3-11(16(18)19)13(6-9)20-12-4-1-8(7-17)5-10(12)15/h1-6,17H,7H2. The molecule has 104 valence electrons. The number of aliphatic hydroxyl groups excluding tert-OH is 1. The summed E-state index contributed by atoms with van der Waals surface area (Å²) in [5.74, 6) is -2.24. The maximum Gasteiger partial charge on any atom is 0.311 e. The molecule has 0 radical (unpaired) electrons. The van der Waals surface area contributed by atoms with Gasteiger partial charge in [0.05, 0.1) is 11.5 Å². The second kappa shape index (κ2) is 5.62. The SMILES string of the molecule is O=[N+]([O-])c1ccc(F)cc1Oc1ccc(CO)cc1F. The molecule has 2 aromatic rings. The average molecular weight is 281 g/mol. The largest absolute Gasteiger partial charge is 0.447 e. The number of halogens is 2. The molecule has 20 heavy (non-hydrogen) atoms. The molecule has 0 aliphatic heterocycles. The Kier molecular flexibility index (Phi) is 3.90. The molecule has 0 unspecified atom stereocenters. The van der Waals surface area contributed by atoms with Gasteiger partial charge in [-0.25, -0.2) is 8.78 Å². The number of hydrogen-bond donors (Lipinski definition) is 1. The Morgan fingerprint density at radius 2 is 1.90 bits per heavy atom. The third-order valence-corrected chi connectivity index (χ3v) is 2.52. The summed E-state index contributed by atoms with van der Waals surface area (Å²) < 4.78 is 31.8. The fourth-order valence-electron chi connectivity index (χ4n) is 1.56. The number of aliphatic hydroxyl groups is 1. The quantitative estimate of drug-likeness (QED) is 0.690. The lowest BCUT2D eigenvalue weighted by Gasteiger charge is -2.08. The Bertz CT molecular complexity index is 661. The number of nitro benzene ring substituents is 1. The number of nitrogens with zero attached hydrogens (tertiary/aromatic N) is 1. The predicted octanol–water partition coefficient (Wildman–Crippen LogP) is 3.16. The normalized spacial score (nSPS) is 10.3. The second-order valence-corrected chi connectivity index (χ2v) is 3.89. The molecule has 2 rings (SSSR count). The first-order valence-corrected chi connectivity index (χ1v) is 5.52. The summed E-state index contributed by atoms with van der Waals surface area (Å²) in [5.41, 5.74) is -0.152. The Hall–Kier alpha value is -2.54. The van der Waals surface area contributed by atoms with Crippen LogP contribution in [0.15, 0.2) is 36.4 Å². The van der Waals surface area contributed by atoms with Crippen molar-refractivity contribution in [3.8, 4) is 11.5 Å². The molecular weight excluding hydrogens is 272 g/mol. The zero-order chi connectivity index (χ0) is 14.7. The van der Waals surface area contributed by atoms with Gasteiger partial charge in [-0.3, -0.25) is 10.1 Å². The maximum absolute atomic E-state index is 13.7. The van der Waals surface area contributed by atoms with Gasteiger partial charge in [0.2, 0.25) is 5.75 Å². The van der Waals surface area contributed by atoms with Crippen LogP contribution in [-0.4, -0.2) is 10.0 Å². The number of hydrogen-bond acceptors (Lipinski definition) is 4. The topological polar surface area (TPSA) is 72.6 Å². The van der Waals surface area contributed by atoms with Crippen LogP contribution in [0.1, 0.15) is 5.56 Å². The van der Waals surface area contributed by atoms with Crippen molar-refractivity contribution < 1.29 is 23.5 Å². The molecule has 0 saturated heterocycles. The van der Waals surface area contributed by atoms with Crippen LogP contribution < -0.4 is 4.74 Å². The highest BCUT2D eigenvalue weighted by atomic mass is 19.1. The van der Waals surface area contributed by atoms with Gasteiger partial charge >= 0.3 is 5.69 Å². The molecule has 1 N–H and O–H groups in total. The van der Waals surface area contributed by atoms with E-state index in [9.17, 15) is 18.9 Å². The van der Waals surface area contributed by atoms with E-state index in [0.717, 1.165) is 24.3 Å². The van der Waals surface area contributed by atoms with Gasteiger partial charge < -0.3 is 9.84 Å². The summed E-state index contributed by atoms with van der Waals surface area (Å²) in [4.78, 5) is 10.0. The number of nitro groups is 1. The van der Waals surface area contributed by atoms with Crippen LogP contribution in [-0.2, 0) is 6.61 Å². The first kappa shape index (κ1) is 13.9. The van der Waals surface area contributed by atoms with Gasteiger partial charge in [0.15, 0.2) is 11.6 Å².